The van der Waals surface area contributed by atoms with Gasteiger partial charge in [0.15, 0.2) is 0 Å². The summed E-state index contributed by atoms with van der Waals surface area (Å²) in [5.74, 6) is -0.478. The number of rotatable bonds is 3. The van der Waals surface area contributed by atoms with Crippen molar-refractivity contribution in [3.63, 3.8) is 0 Å². The maximum Gasteiger partial charge on any atom is 1.00 e. The first kappa shape index (κ1) is 14.7. The van der Waals surface area contributed by atoms with Crippen LogP contribution in [0.2, 0.25) is 0 Å². The molecule has 0 N–H and O–H groups in total. The van der Waals surface area contributed by atoms with Gasteiger partial charge in [-0.05, 0) is 6.92 Å². The van der Waals surface area contributed by atoms with Crippen LogP contribution in [0.1, 0.15) is 19.5 Å². The summed E-state index contributed by atoms with van der Waals surface area (Å²) in [4.78, 5) is 11.1. The van der Waals surface area contributed by atoms with Gasteiger partial charge in [-0.1, -0.05) is 48.5 Å². The predicted molar refractivity (Wildman–Crippen MR) is 57.1 cm³/mol. The van der Waals surface area contributed by atoms with Crippen LogP contribution in [0.15, 0.2) is 42.5 Å². The molecule has 0 aliphatic heterocycles. The first-order valence-corrected chi connectivity index (χ1v) is 4.60. The Kier molecular flexibility index (Phi) is 6.94. The van der Waals surface area contributed by atoms with Crippen molar-refractivity contribution in [3.05, 3.63) is 48.0 Å². The smallest absolute Gasteiger partial charge is 1.00 e. The van der Waals surface area contributed by atoms with Gasteiger partial charge in [-0.3, -0.25) is 0 Å². The number of hydrogen-bond donors (Lipinski definition) is 0. The molecule has 0 saturated heterocycles. The predicted octanol–water partition coefficient (Wildman–Crippen LogP) is 0.160. The van der Waals surface area contributed by atoms with Gasteiger partial charge in [0.1, 0.15) is 0 Å². The summed E-state index contributed by atoms with van der Waals surface area (Å²) >= 11 is 5.86. The van der Waals surface area contributed by atoms with Gasteiger partial charge >= 0.3 is 35.5 Å². The summed E-state index contributed by atoms with van der Waals surface area (Å²) in [6.45, 7) is 5.05. The Bertz CT molecular complexity index is 343. The largest absolute Gasteiger partial charge is 1.00 e. The van der Waals surface area contributed by atoms with Gasteiger partial charge in [0.05, 0.1) is 0 Å². The summed E-state index contributed by atoms with van der Waals surface area (Å²) in [7, 11) is 0. The van der Waals surface area contributed by atoms with Crippen molar-refractivity contribution in [2.75, 3.05) is 0 Å². The van der Waals surface area contributed by atoms with Crippen LogP contribution in [0, 0.1) is 0 Å². The summed E-state index contributed by atoms with van der Waals surface area (Å²) in [5.41, 5.74) is 0.343. The third-order valence-corrected chi connectivity index (χ3v) is 1.96. The Morgan fingerprint density at radius 2 is 2.00 bits per heavy atom. The molecule has 1 rings (SSSR count). The molecule has 0 aliphatic rings. The van der Waals surface area contributed by atoms with E-state index in [1.807, 2.05) is 18.2 Å². The Labute approximate surface area is 118 Å². The molecule has 0 radical (unpaired) electrons. The molecule has 1 aromatic carbocycles. The van der Waals surface area contributed by atoms with E-state index < -0.39 is 11.5 Å². The van der Waals surface area contributed by atoms with Gasteiger partial charge in [0, 0.05) is 11.1 Å². The van der Waals surface area contributed by atoms with Crippen LogP contribution in [0.3, 0.4) is 0 Å². The summed E-state index contributed by atoms with van der Waals surface area (Å²) in [6.07, 6.45) is 0. The zero-order valence-electron chi connectivity index (χ0n) is 9.87. The third kappa shape index (κ3) is 4.85. The molecule has 1 aromatic rings. The van der Waals surface area contributed by atoms with Gasteiger partial charge in [-0.2, -0.15) is 0 Å². The van der Waals surface area contributed by atoms with E-state index in [0.29, 0.717) is 5.57 Å². The number of hydrogen-bond acceptors (Lipinski definition) is 2. The van der Waals surface area contributed by atoms with E-state index in [1.54, 1.807) is 19.1 Å². The van der Waals surface area contributed by atoms with E-state index in [0.717, 1.165) is 5.56 Å². The van der Waals surface area contributed by atoms with Crippen LogP contribution in [0.25, 0.3) is 0 Å². The van der Waals surface area contributed by atoms with Crippen LogP contribution < -0.4 is 29.6 Å². The van der Waals surface area contributed by atoms with Gasteiger partial charge in [0.25, 0.3) is 0 Å². The topological polar surface area (TPSA) is 26.3 Å². The molecule has 0 heterocycles. The average molecular weight is 235 g/mol. The number of esters is 1. The minimum Gasteiger partial charge on any atom is -1.00 e. The molecule has 0 fully saturated rings. The monoisotopic (exact) mass is 234 g/mol. The molecular formula is C11H12ClNaO2. The van der Waals surface area contributed by atoms with E-state index in [4.69, 9.17) is 16.3 Å². The van der Waals surface area contributed by atoms with Gasteiger partial charge in [-0.15, -0.1) is 0 Å². The maximum atomic E-state index is 11.1. The molecule has 0 aliphatic carbocycles. The molecular weight excluding hydrogens is 223 g/mol. The zero-order chi connectivity index (χ0) is 10.6. The fourth-order valence-corrected chi connectivity index (χ4v) is 1.09. The Hall–Kier alpha value is -0.280. The van der Waals surface area contributed by atoms with E-state index >= 15 is 0 Å². The summed E-state index contributed by atoms with van der Waals surface area (Å²) in [5, 5.41) is 0. The average Bonchev–Trinajstić information content (AvgIpc) is 2.19. The second-order valence-electron chi connectivity index (χ2n) is 2.91. The molecule has 4 heteroatoms. The second kappa shape index (κ2) is 7.07. The van der Waals surface area contributed by atoms with Crippen molar-refractivity contribution < 1.29 is 40.5 Å². The first-order valence-electron chi connectivity index (χ1n) is 4.17. The van der Waals surface area contributed by atoms with Gasteiger partial charge in [0.2, 0.25) is 5.56 Å². The van der Waals surface area contributed by atoms with Crippen molar-refractivity contribution in [3.8, 4) is 0 Å². The molecule has 2 nitrogen and oxygen atoms in total. The number of benzene rings is 1. The fraction of sp³-hybridized carbons (Fsp3) is 0.182. The van der Waals surface area contributed by atoms with Crippen molar-refractivity contribution in [1.82, 2.24) is 0 Å². The Morgan fingerprint density at radius 1 is 1.47 bits per heavy atom. The van der Waals surface area contributed by atoms with E-state index in [9.17, 15) is 4.79 Å². The minimum absolute atomic E-state index is 0. The number of alkyl halides is 1. The fourth-order valence-electron chi connectivity index (χ4n) is 0.867. The van der Waals surface area contributed by atoms with E-state index in [-0.39, 0.29) is 31.0 Å². The van der Waals surface area contributed by atoms with Crippen molar-refractivity contribution in [2.45, 2.75) is 12.5 Å². The normalized spacial score (nSPS) is 11.1. The minimum atomic E-state index is -0.750. The molecule has 76 valence electrons. The van der Waals surface area contributed by atoms with Crippen LogP contribution in [-0.2, 0) is 9.53 Å². The number of carbonyl (C=O) groups is 1. The second-order valence-corrected chi connectivity index (χ2v) is 3.31. The number of halogens is 1. The van der Waals surface area contributed by atoms with Gasteiger partial charge in [-0.25, -0.2) is 4.79 Å². The third-order valence-electron chi connectivity index (χ3n) is 1.62. The molecule has 1 unspecified atom stereocenters. The molecule has 0 saturated carbocycles. The first-order chi connectivity index (χ1) is 6.61. The molecule has 15 heavy (non-hydrogen) atoms. The number of carbonyl (C=O) groups excluding carboxylic acids is 1. The van der Waals surface area contributed by atoms with Crippen molar-refractivity contribution in [2.24, 2.45) is 0 Å². The Morgan fingerprint density at radius 3 is 2.47 bits per heavy atom. The zero-order valence-corrected chi connectivity index (χ0v) is 11.6. The number of ether oxygens (including phenoxy) is 1. The van der Waals surface area contributed by atoms with Crippen LogP contribution in [0.4, 0.5) is 0 Å². The quantitative estimate of drug-likeness (QED) is 0.322. The maximum absolute atomic E-state index is 11.1. The van der Waals surface area contributed by atoms with Crippen LogP contribution in [-0.4, -0.2) is 5.97 Å². The molecule has 0 aromatic heterocycles. The van der Waals surface area contributed by atoms with Crippen LogP contribution >= 0.6 is 11.6 Å². The molecule has 0 amide bonds. The van der Waals surface area contributed by atoms with E-state index in [1.165, 1.54) is 0 Å². The molecule has 0 bridgehead atoms. The summed E-state index contributed by atoms with van der Waals surface area (Å²) < 4.78 is 4.92. The van der Waals surface area contributed by atoms with Crippen molar-refractivity contribution in [1.29, 1.82) is 0 Å². The van der Waals surface area contributed by atoms with Gasteiger partial charge < -0.3 is 6.16 Å². The van der Waals surface area contributed by atoms with E-state index in [2.05, 4.69) is 6.58 Å². The summed E-state index contributed by atoms with van der Waals surface area (Å²) in [6, 6.07) is 9.12. The standard InChI is InChI=1S/C11H11ClO2.Na.H/c1-8(2)11(13)14-10(12)9-6-4-3-5-7-9;;/h3-7,10H,1H2,2H3;;/q;+1;-1. The van der Waals surface area contributed by atoms with Crippen LogP contribution in [0.5, 0.6) is 0 Å². The SMILES string of the molecule is C=C(C)C(=O)OC(Cl)c1ccccc1.[H-].[Na+]. The molecule has 0 spiro atoms. The van der Waals surface area contributed by atoms with Crippen molar-refractivity contribution >= 4 is 17.6 Å². The Balaban J connectivity index is 0. The molecule has 1 atom stereocenters.